The van der Waals surface area contributed by atoms with Gasteiger partial charge in [0.15, 0.2) is 0 Å². The van der Waals surface area contributed by atoms with Gasteiger partial charge in [-0.2, -0.15) is 0 Å². The number of rotatable bonds is 1. The molecule has 0 radical (unpaired) electrons. The average Bonchev–Trinajstić information content (AvgIpc) is 1.78. The summed E-state index contributed by atoms with van der Waals surface area (Å²) >= 11 is 3.05. The van der Waals surface area contributed by atoms with Crippen molar-refractivity contribution in [1.82, 2.24) is 0 Å². The van der Waals surface area contributed by atoms with Crippen molar-refractivity contribution >= 4 is 15.9 Å². The summed E-state index contributed by atoms with van der Waals surface area (Å²) < 4.78 is 38.1. The Balaban J connectivity index is 2.26. The molecule has 0 heterocycles. The molecule has 1 rings (SSSR count). The lowest BCUT2D eigenvalue weighted by molar-refractivity contribution is -0.349. The molecule has 0 aromatic heterocycles. The van der Waals surface area contributed by atoms with Crippen molar-refractivity contribution in [3.05, 3.63) is 0 Å². The number of hydrogen-bond donors (Lipinski definition) is 0. The number of alkyl halides is 4. The van der Waals surface area contributed by atoms with Gasteiger partial charge in [0, 0.05) is 4.83 Å². The first-order chi connectivity index (χ1) is 4.49. The Morgan fingerprint density at radius 3 is 2.00 bits per heavy atom. The molecule has 1 saturated carbocycles. The Morgan fingerprint density at radius 2 is 1.90 bits per heavy atom. The predicted octanol–water partition coefficient (Wildman–Crippen LogP) is 2.45. The van der Waals surface area contributed by atoms with Crippen molar-refractivity contribution in [3.63, 3.8) is 0 Å². The number of ether oxygens (including phenoxy) is 1. The Hall–Kier alpha value is 0.230. The van der Waals surface area contributed by atoms with Gasteiger partial charge < -0.3 is 0 Å². The van der Waals surface area contributed by atoms with Gasteiger partial charge >= 0.3 is 6.36 Å². The molecule has 0 saturated heterocycles. The van der Waals surface area contributed by atoms with Crippen molar-refractivity contribution in [2.45, 2.75) is 30.1 Å². The molecule has 2 atom stereocenters. The summed E-state index contributed by atoms with van der Waals surface area (Å²) in [7, 11) is 0. The second-order valence-corrected chi connectivity index (χ2v) is 3.37. The highest BCUT2D eigenvalue weighted by Crippen LogP contribution is 2.34. The van der Waals surface area contributed by atoms with E-state index < -0.39 is 12.5 Å². The molecule has 10 heavy (non-hydrogen) atoms. The largest absolute Gasteiger partial charge is 0.522 e. The van der Waals surface area contributed by atoms with Crippen molar-refractivity contribution < 1.29 is 17.9 Å². The molecule has 0 N–H and O–H groups in total. The minimum absolute atomic E-state index is 0.117. The molecule has 1 aliphatic carbocycles. The maximum absolute atomic E-state index is 11.5. The summed E-state index contributed by atoms with van der Waals surface area (Å²) in [6.45, 7) is 0. The van der Waals surface area contributed by atoms with E-state index in [9.17, 15) is 13.2 Å². The van der Waals surface area contributed by atoms with Gasteiger partial charge in [-0.25, -0.2) is 0 Å². The number of halogens is 4. The van der Waals surface area contributed by atoms with Crippen LogP contribution in [0.3, 0.4) is 0 Å². The Bertz CT molecular complexity index is 125. The van der Waals surface area contributed by atoms with Crippen LogP contribution >= 0.6 is 15.9 Å². The first-order valence-electron chi connectivity index (χ1n) is 2.87. The molecule has 1 fully saturated rings. The van der Waals surface area contributed by atoms with E-state index in [1.807, 2.05) is 0 Å². The Morgan fingerprint density at radius 1 is 1.30 bits per heavy atom. The first kappa shape index (κ1) is 8.33. The van der Waals surface area contributed by atoms with Gasteiger partial charge in [0.1, 0.15) is 0 Å². The van der Waals surface area contributed by atoms with Crippen LogP contribution in [0.2, 0.25) is 0 Å². The minimum Gasteiger partial charge on any atom is -0.287 e. The van der Waals surface area contributed by atoms with Gasteiger partial charge in [-0.3, -0.25) is 4.74 Å². The highest BCUT2D eigenvalue weighted by Gasteiger charge is 2.40. The van der Waals surface area contributed by atoms with E-state index in [0.29, 0.717) is 6.42 Å². The van der Waals surface area contributed by atoms with Crippen molar-refractivity contribution in [2.75, 3.05) is 0 Å². The van der Waals surface area contributed by atoms with Crippen LogP contribution in [0.15, 0.2) is 0 Å². The summed E-state index contributed by atoms with van der Waals surface area (Å²) in [5, 5.41) is 0. The van der Waals surface area contributed by atoms with Crippen LogP contribution in [-0.2, 0) is 4.74 Å². The lowest BCUT2D eigenvalue weighted by Gasteiger charge is -2.32. The molecule has 0 amide bonds. The van der Waals surface area contributed by atoms with E-state index in [1.165, 1.54) is 0 Å². The smallest absolute Gasteiger partial charge is 0.287 e. The molecule has 1 aliphatic rings. The molecule has 0 aliphatic heterocycles. The van der Waals surface area contributed by atoms with Gasteiger partial charge in [0.2, 0.25) is 0 Å². The fraction of sp³-hybridized carbons (Fsp3) is 1.00. The quantitative estimate of drug-likeness (QED) is 0.615. The SMILES string of the molecule is FC(F)(F)OC1CCC1Br. The predicted molar refractivity (Wildman–Crippen MR) is 32.9 cm³/mol. The standard InChI is InChI=1S/C5H6BrF3O/c6-3-1-2-4(3)10-5(7,8)9/h3-4H,1-2H2. The summed E-state index contributed by atoms with van der Waals surface area (Å²) in [5.74, 6) is 0. The average molecular weight is 219 g/mol. The molecule has 0 aromatic carbocycles. The molecular weight excluding hydrogens is 213 g/mol. The molecule has 0 spiro atoms. The molecule has 5 heteroatoms. The van der Waals surface area contributed by atoms with Gasteiger partial charge in [0.25, 0.3) is 0 Å². The third-order valence-electron chi connectivity index (χ3n) is 1.42. The summed E-state index contributed by atoms with van der Waals surface area (Å²) in [5.41, 5.74) is 0. The van der Waals surface area contributed by atoms with E-state index in [2.05, 4.69) is 20.7 Å². The molecular formula is C5H6BrF3O. The fourth-order valence-corrected chi connectivity index (χ4v) is 1.37. The van der Waals surface area contributed by atoms with E-state index in [1.54, 1.807) is 0 Å². The summed E-state index contributed by atoms with van der Waals surface area (Å²) in [4.78, 5) is -0.117. The maximum Gasteiger partial charge on any atom is 0.522 e. The third kappa shape index (κ3) is 2.12. The van der Waals surface area contributed by atoms with E-state index >= 15 is 0 Å². The van der Waals surface area contributed by atoms with Gasteiger partial charge in [-0.05, 0) is 12.8 Å². The molecule has 0 bridgehead atoms. The van der Waals surface area contributed by atoms with Gasteiger partial charge in [0.05, 0.1) is 6.10 Å². The zero-order chi connectivity index (χ0) is 7.78. The minimum atomic E-state index is -4.48. The molecule has 0 aromatic rings. The van der Waals surface area contributed by atoms with Crippen LogP contribution in [0, 0.1) is 0 Å². The van der Waals surface area contributed by atoms with Crippen molar-refractivity contribution in [2.24, 2.45) is 0 Å². The van der Waals surface area contributed by atoms with Crippen LogP contribution < -0.4 is 0 Å². The Labute approximate surface area is 64.7 Å². The zero-order valence-corrected chi connectivity index (χ0v) is 6.58. The van der Waals surface area contributed by atoms with Gasteiger partial charge in [-0.1, -0.05) is 15.9 Å². The second-order valence-electron chi connectivity index (χ2n) is 2.20. The van der Waals surface area contributed by atoms with E-state index in [-0.39, 0.29) is 4.83 Å². The topological polar surface area (TPSA) is 9.23 Å². The van der Waals surface area contributed by atoms with Crippen LogP contribution in [0.1, 0.15) is 12.8 Å². The highest BCUT2D eigenvalue weighted by molar-refractivity contribution is 9.09. The summed E-state index contributed by atoms with van der Waals surface area (Å²) in [6, 6.07) is 0. The lowest BCUT2D eigenvalue weighted by Crippen LogP contribution is -2.38. The van der Waals surface area contributed by atoms with E-state index in [0.717, 1.165) is 6.42 Å². The Kier molecular flexibility index (Phi) is 2.24. The fourth-order valence-electron chi connectivity index (χ4n) is 0.733. The second kappa shape index (κ2) is 2.70. The van der Waals surface area contributed by atoms with Crippen molar-refractivity contribution in [1.29, 1.82) is 0 Å². The maximum atomic E-state index is 11.5. The van der Waals surface area contributed by atoms with Crippen LogP contribution in [0.5, 0.6) is 0 Å². The van der Waals surface area contributed by atoms with Crippen molar-refractivity contribution in [3.8, 4) is 0 Å². The first-order valence-corrected chi connectivity index (χ1v) is 3.79. The monoisotopic (exact) mass is 218 g/mol. The molecule has 1 nitrogen and oxygen atoms in total. The molecule has 2 unspecified atom stereocenters. The number of hydrogen-bond acceptors (Lipinski definition) is 1. The third-order valence-corrected chi connectivity index (χ3v) is 2.46. The molecule has 60 valence electrons. The summed E-state index contributed by atoms with van der Waals surface area (Å²) in [6.07, 6.45) is -3.88. The zero-order valence-electron chi connectivity index (χ0n) is 4.99. The van der Waals surface area contributed by atoms with Crippen LogP contribution in [-0.4, -0.2) is 17.3 Å². The normalized spacial score (nSPS) is 33.6. The van der Waals surface area contributed by atoms with Crippen LogP contribution in [0.25, 0.3) is 0 Å². The van der Waals surface area contributed by atoms with Gasteiger partial charge in [-0.15, -0.1) is 13.2 Å². The lowest BCUT2D eigenvalue weighted by atomic mass is 9.96. The highest BCUT2D eigenvalue weighted by atomic mass is 79.9. The van der Waals surface area contributed by atoms with Crippen LogP contribution in [0.4, 0.5) is 13.2 Å². The van der Waals surface area contributed by atoms with E-state index in [4.69, 9.17) is 0 Å².